The predicted octanol–water partition coefficient (Wildman–Crippen LogP) is 1.91. The molecule has 2 rings (SSSR count). The zero-order valence-corrected chi connectivity index (χ0v) is 9.18. The van der Waals surface area contributed by atoms with Crippen molar-refractivity contribution in [2.75, 3.05) is 5.32 Å². The molecule has 0 saturated heterocycles. The number of aliphatic hydroxyl groups is 1. The Balaban J connectivity index is 1.89. The van der Waals surface area contributed by atoms with Crippen LogP contribution in [0.1, 0.15) is 25.7 Å². The molecule has 4 nitrogen and oxygen atoms in total. The van der Waals surface area contributed by atoms with Gasteiger partial charge in [0.2, 0.25) is 0 Å². The molecule has 78 valence electrons. The van der Waals surface area contributed by atoms with Gasteiger partial charge in [-0.1, -0.05) is 11.6 Å². The van der Waals surface area contributed by atoms with Crippen molar-refractivity contribution < 1.29 is 5.11 Å². The summed E-state index contributed by atoms with van der Waals surface area (Å²) in [7, 11) is 0. The lowest BCUT2D eigenvalue weighted by molar-refractivity contribution is 0.126. The lowest BCUT2D eigenvalue weighted by Crippen LogP contribution is -2.28. The fourth-order valence-corrected chi connectivity index (χ4v) is 2.34. The molecule has 1 aromatic heterocycles. The van der Waals surface area contributed by atoms with E-state index in [1.54, 1.807) is 0 Å². The average molecular weight is 234 g/mol. The van der Waals surface area contributed by atoms with Crippen LogP contribution < -0.4 is 5.32 Å². The van der Waals surface area contributed by atoms with E-state index < -0.39 is 0 Å². The highest BCUT2D eigenvalue weighted by atomic mass is 35.5. The maximum atomic E-state index is 9.33. The van der Waals surface area contributed by atoms with E-state index in [4.69, 9.17) is 11.6 Å². The Morgan fingerprint density at radius 3 is 2.57 bits per heavy atom. The van der Waals surface area contributed by atoms with E-state index in [1.165, 1.54) is 0 Å². The van der Waals surface area contributed by atoms with E-state index >= 15 is 0 Å². The van der Waals surface area contributed by atoms with Crippen LogP contribution in [-0.2, 0) is 0 Å². The molecule has 1 aliphatic carbocycles. The van der Waals surface area contributed by atoms with Gasteiger partial charge in [-0.2, -0.15) is 8.75 Å². The lowest BCUT2D eigenvalue weighted by Gasteiger charge is -2.25. The fraction of sp³-hybridized carbons (Fsp3) is 0.750. The lowest BCUT2D eigenvalue weighted by atomic mass is 9.93. The molecule has 0 aliphatic heterocycles. The molecule has 1 saturated carbocycles. The first-order valence-corrected chi connectivity index (χ1v) is 5.79. The average Bonchev–Trinajstić information content (AvgIpc) is 2.56. The van der Waals surface area contributed by atoms with E-state index in [0.29, 0.717) is 17.0 Å². The quantitative estimate of drug-likeness (QED) is 0.819. The van der Waals surface area contributed by atoms with Gasteiger partial charge in [0.1, 0.15) is 0 Å². The van der Waals surface area contributed by atoms with Gasteiger partial charge < -0.3 is 10.4 Å². The summed E-state index contributed by atoms with van der Waals surface area (Å²) >= 11 is 6.92. The molecule has 14 heavy (non-hydrogen) atoms. The van der Waals surface area contributed by atoms with E-state index in [-0.39, 0.29) is 6.10 Å². The van der Waals surface area contributed by atoms with Gasteiger partial charge in [-0.05, 0) is 25.7 Å². The fourth-order valence-electron chi connectivity index (χ4n) is 1.68. The molecule has 0 radical (unpaired) electrons. The largest absolute Gasteiger partial charge is 0.393 e. The first kappa shape index (κ1) is 10.1. The number of halogens is 1. The Morgan fingerprint density at radius 1 is 1.29 bits per heavy atom. The highest BCUT2D eigenvalue weighted by Crippen LogP contribution is 2.24. The Kier molecular flexibility index (Phi) is 3.20. The summed E-state index contributed by atoms with van der Waals surface area (Å²) in [6, 6.07) is 0.375. The van der Waals surface area contributed by atoms with Crippen LogP contribution in [0.25, 0.3) is 0 Å². The molecule has 0 unspecified atom stereocenters. The van der Waals surface area contributed by atoms with Gasteiger partial charge >= 0.3 is 0 Å². The van der Waals surface area contributed by atoms with Crippen molar-refractivity contribution in [3.05, 3.63) is 5.15 Å². The van der Waals surface area contributed by atoms with Gasteiger partial charge in [0.25, 0.3) is 0 Å². The SMILES string of the molecule is OC1CCC(Nc2nsnc2Cl)CC1. The highest BCUT2D eigenvalue weighted by molar-refractivity contribution is 6.99. The molecule has 1 aliphatic rings. The summed E-state index contributed by atoms with van der Waals surface area (Å²) in [5.74, 6) is 0.679. The molecule has 1 fully saturated rings. The van der Waals surface area contributed by atoms with Crippen molar-refractivity contribution >= 4 is 29.1 Å². The summed E-state index contributed by atoms with van der Waals surface area (Å²) in [5.41, 5.74) is 0. The highest BCUT2D eigenvalue weighted by Gasteiger charge is 2.20. The van der Waals surface area contributed by atoms with Crippen molar-refractivity contribution in [3.63, 3.8) is 0 Å². The number of hydrogen-bond acceptors (Lipinski definition) is 5. The maximum Gasteiger partial charge on any atom is 0.186 e. The summed E-state index contributed by atoms with van der Waals surface area (Å²) in [6.45, 7) is 0. The molecule has 1 heterocycles. The number of anilines is 1. The van der Waals surface area contributed by atoms with Crippen LogP contribution >= 0.6 is 23.3 Å². The Bertz CT molecular complexity index is 299. The van der Waals surface area contributed by atoms with Crippen molar-refractivity contribution in [1.29, 1.82) is 0 Å². The van der Waals surface area contributed by atoms with Gasteiger partial charge in [-0.15, -0.1) is 0 Å². The van der Waals surface area contributed by atoms with Gasteiger partial charge in [-0.3, -0.25) is 0 Å². The topological polar surface area (TPSA) is 58.0 Å². The summed E-state index contributed by atoms with van der Waals surface area (Å²) in [6.07, 6.45) is 3.51. The van der Waals surface area contributed by atoms with E-state index in [0.717, 1.165) is 37.4 Å². The van der Waals surface area contributed by atoms with Crippen LogP contribution in [0.3, 0.4) is 0 Å². The van der Waals surface area contributed by atoms with E-state index in [2.05, 4.69) is 14.1 Å². The first-order chi connectivity index (χ1) is 6.75. The van der Waals surface area contributed by atoms with Crippen LogP contribution in [0.15, 0.2) is 0 Å². The number of nitrogens with zero attached hydrogens (tertiary/aromatic N) is 2. The minimum Gasteiger partial charge on any atom is -0.393 e. The van der Waals surface area contributed by atoms with Crippen molar-refractivity contribution in [1.82, 2.24) is 8.75 Å². The van der Waals surface area contributed by atoms with Crippen LogP contribution in [-0.4, -0.2) is 26.0 Å². The molecule has 0 aromatic carbocycles. The van der Waals surface area contributed by atoms with Gasteiger partial charge in [0.15, 0.2) is 11.0 Å². The zero-order valence-electron chi connectivity index (χ0n) is 7.61. The number of aliphatic hydroxyl groups excluding tert-OH is 1. The molecule has 0 spiro atoms. The number of rotatable bonds is 2. The van der Waals surface area contributed by atoms with Gasteiger partial charge in [0, 0.05) is 6.04 Å². The normalized spacial score (nSPS) is 27.6. The minimum atomic E-state index is -0.128. The number of nitrogens with one attached hydrogen (secondary N) is 1. The first-order valence-electron chi connectivity index (χ1n) is 4.68. The number of aromatic nitrogens is 2. The van der Waals surface area contributed by atoms with Crippen molar-refractivity contribution in [2.45, 2.75) is 37.8 Å². The number of hydrogen-bond donors (Lipinski definition) is 2. The molecular weight excluding hydrogens is 222 g/mol. The third kappa shape index (κ3) is 2.34. The molecule has 0 atom stereocenters. The third-order valence-electron chi connectivity index (χ3n) is 2.49. The van der Waals surface area contributed by atoms with E-state index in [1.807, 2.05) is 0 Å². The molecule has 2 N–H and O–H groups in total. The smallest absolute Gasteiger partial charge is 0.186 e. The van der Waals surface area contributed by atoms with Crippen LogP contribution in [0.2, 0.25) is 5.15 Å². The summed E-state index contributed by atoms with van der Waals surface area (Å²) < 4.78 is 7.94. The molecule has 1 aromatic rings. The Labute approximate surface area is 91.6 Å². The monoisotopic (exact) mass is 233 g/mol. The zero-order chi connectivity index (χ0) is 9.97. The molecule has 0 amide bonds. The second kappa shape index (κ2) is 4.42. The third-order valence-corrected chi connectivity index (χ3v) is 3.38. The maximum absolute atomic E-state index is 9.33. The van der Waals surface area contributed by atoms with Crippen molar-refractivity contribution in [3.8, 4) is 0 Å². The van der Waals surface area contributed by atoms with Crippen LogP contribution in [0.4, 0.5) is 5.82 Å². The summed E-state index contributed by atoms with van der Waals surface area (Å²) in [4.78, 5) is 0. The predicted molar refractivity (Wildman–Crippen MR) is 56.8 cm³/mol. The van der Waals surface area contributed by atoms with Gasteiger partial charge in [0.05, 0.1) is 17.8 Å². The minimum absolute atomic E-state index is 0.128. The standard InChI is InChI=1S/C8H12ClN3OS/c9-7-8(12-14-11-7)10-5-1-3-6(13)4-2-5/h5-6,13H,1-4H2,(H,10,12). The molecule has 0 bridgehead atoms. The van der Waals surface area contributed by atoms with Gasteiger partial charge in [-0.25, -0.2) is 0 Å². The second-order valence-corrected chi connectivity index (χ2v) is 4.44. The summed E-state index contributed by atoms with van der Waals surface area (Å²) in [5, 5.41) is 13.0. The Hall–Kier alpha value is -0.390. The second-order valence-electron chi connectivity index (χ2n) is 3.55. The van der Waals surface area contributed by atoms with Crippen LogP contribution in [0.5, 0.6) is 0 Å². The van der Waals surface area contributed by atoms with Crippen LogP contribution in [0, 0.1) is 0 Å². The van der Waals surface area contributed by atoms with E-state index in [9.17, 15) is 5.11 Å². The molecule has 6 heteroatoms. The molecular formula is C8H12ClN3OS. The van der Waals surface area contributed by atoms with Crippen molar-refractivity contribution in [2.24, 2.45) is 0 Å². The Morgan fingerprint density at radius 2 is 2.00 bits per heavy atom.